The van der Waals surface area contributed by atoms with Gasteiger partial charge in [0.2, 0.25) is 0 Å². The molecule has 1 aromatic rings. The van der Waals surface area contributed by atoms with Crippen LogP contribution in [-0.2, 0) is 0 Å². The summed E-state index contributed by atoms with van der Waals surface area (Å²) < 4.78 is 0. The third-order valence-electron chi connectivity index (χ3n) is 3.98. The van der Waals surface area contributed by atoms with Gasteiger partial charge in [-0.2, -0.15) is 0 Å². The van der Waals surface area contributed by atoms with Crippen molar-refractivity contribution in [3.05, 3.63) is 33.8 Å². The van der Waals surface area contributed by atoms with Crippen molar-refractivity contribution in [2.45, 2.75) is 65.7 Å². The fourth-order valence-corrected chi connectivity index (χ4v) is 4.03. The number of thiazole rings is 1. The average Bonchev–Trinajstić information content (AvgIpc) is 2.89. The topological polar surface area (TPSA) is 12.9 Å². The Labute approximate surface area is 127 Å². The van der Waals surface area contributed by atoms with Crippen molar-refractivity contribution in [2.24, 2.45) is 5.92 Å². The standard InChI is InChI=1S/C18H27NS/c1-13(2)10-11-16(14(3)4)17-12-19-18(20-17)15-8-6-5-7-9-15/h10-12,14-15H,5-9H2,1-4H3/b16-11+. The molecule has 1 aliphatic carbocycles. The first-order valence-corrected chi connectivity index (χ1v) is 8.70. The summed E-state index contributed by atoms with van der Waals surface area (Å²) in [4.78, 5) is 6.09. The van der Waals surface area contributed by atoms with Crippen molar-refractivity contribution >= 4 is 16.9 Å². The molecule has 0 amide bonds. The van der Waals surface area contributed by atoms with Crippen molar-refractivity contribution in [1.82, 2.24) is 4.98 Å². The van der Waals surface area contributed by atoms with Crippen molar-refractivity contribution < 1.29 is 0 Å². The summed E-state index contributed by atoms with van der Waals surface area (Å²) in [6.45, 7) is 8.83. The van der Waals surface area contributed by atoms with Crippen molar-refractivity contribution in [2.75, 3.05) is 0 Å². The monoisotopic (exact) mass is 289 g/mol. The van der Waals surface area contributed by atoms with Crippen molar-refractivity contribution in [3.63, 3.8) is 0 Å². The fourth-order valence-electron chi connectivity index (χ4n) is 2.77. The summed E-state index contributed by atoms with van der Waals surface area (Å²) in [6.07, 6.45) is 13.4. The predicted molar refractivity (Wildman–Crippen MR) is 90.2 cm³/mol. The Morgan fingerprint density at radius 3 is 2.50 bits per heavy atom. The molecule has 20 heavy (non-hydrogen) atoms. The average molecular weight is 289 g/mol. The second-order valence-corrected chi connectivity index (χ2v) is 7.48. The van der Waals surface area contributed by atoms with Gasteiger partial charge in [-0.1, -0.05) is 50.8 Å². The summed E-state index contributed by atoms with van der Waals surface area (Å²) in [6, 6.07) is 0. The minimum absolute atomic E-state index is 0.547. The SMILES string of the molecule is CC(C)=C/C=C(/c1cnc(C2CCCCC2)s1)C(C)C. The quantitative estimate of drug-likeness (QED) is 0.602. The molecule has 1 heterocycles. The Balaban J connectivity index is 2.20. The number of hydrogen-bond acceptors (Lipinski definition) is 2. The van der Waals surface area contributed by atoms with Gasteiger partial charge in [0.25, 0.3) is 0 Å². The van der Waals surface area contributed by atoms with Crippen LogP contribution in [0, 0.1) is 5.92 Å². The molecular formula is C18H27NS. The van der Waals surface area contributed by atoms with Gasteiger partial charge in [-0.3, -0.25) is 0 Å². The molecule has 0 bridgehead atoms. The number of nitrogens with zero attached hydrogens (tertiary/aromatic N) is 1. The maximum absolute atomic E-state index is 4.73. The van der Waals surface area contributed by atoms with E-state index in [4.69, 9.17) is 4.98 Å². The molecule has 0 N–H and O–H groups in total. The summed E-state index contributed by atoms with van der Waals surface area (Å²) in [5.41, 5.74) is 2.77. The van der Waals surface area contributed by atoms with Crippen LogP contribution >= 0.6 is 11.3 Å². The largest absolute Gasteiger partial charge is 0.249 e. The Morgan fingerprint density at radius 1 is 1.20 bits per heavy atom. The third-order valence-corrected chi connectivity index (χ3v) is 5.19. The van der Waals surface area contributed by atoms with Gasteiger partial charge >= 0.3 is 0 Å². The molecular weight excluding hydrogens is 262 g/mol. The number of hydrogen-bond donors (Lipinski definition) is 0. The lowest BCUT2D eigenvalue weighted by atomic mass is 9.90. The maximum atomic E-state index is 4.73. The molecule has 2 heteroatoms. The van der Waals surface area contributed by atoms with E-state index in [1.54, 1.807) is 0 Å². The molecule has 0 aliphatic heterocycles. The highest BCUT2D eigenvalue weighted by Gasteiger charge is 2.19. The lowest BCUT2D eigenvalue weighted by Gasteiger charge is -2.19. The van der Waals surface area contributed by atoms with E-state index in [2.05, 4.69) is 46.0 Å². The van der Waals surface area contributed by atoms with E-state index < -0.39 is 0 Å². The van der Waals surface area contributed by atoms with Crippen LogP contribution in [0.25, 0.3) is 5.57 Å². The van der Waals surface area contributed by atoms with E-state index in [1.807, 2.05) is 11.3 Å². The fraction of sp³-hybridized carbons (Fsp3) is 0.611. The second-order valence-electron chi connectivity index (χ2n) is 6.42. The molecule has 1 fully saturated rings. The number of rotatable bonds is 4. The number of allylic oxidation sites excluding steroid dienone is 4. The van der Waals surface area contributed by atoms with Crippen LogP contribution in [0.4, 0.5) is 0 Å². The molecule has 1 aliphatic rings. The summed E-state index contributed by atoms with van der Waals surface area (Å²) >= 11 is 1.92. The molecule has 0 spiro atoms. The Hall–Kier alpha value is -0.890. The van der Waals surface area contributed by atoms with Gasteiger partial charge in [-0.15, -0.1) is 11.3 Å². The first-order valence-electron chi connectivity index (χ1n) is 7.89. The highest BCUT2D eigenvalue weighted by Crippen LogP contribution is 2.37. The minimum Gasteiger partial charge on any atom is -0.249 e. The van der Waals surface area contributed by atoms with Crippen LogP contribution in [0.5, 0.6) is 0 Å². The summed E-state index contributed by atoms with van der Waals surface area (Å²) in [5, 5.41) is 1.36. The summed E-state index contributed by atoms with van der Waals surface area (Å²) in [5.74, 6) is 1.27. The zero-order valence-electron chi connectivity index (χ0n) is 13.3. The van der Waals surface area contributed by atoms with Crippen LogP contribution in [-0.4, -0.2) is 4.98 Å². The van der Waals surface area contributed by atoms with Crippen LogP contribution in [0.3, 0.4) is 0 Å². The predicted octanol–water partition coefficient (Wildman–Crippen LogP) is 6.20. The van der Waals surface area contributed by atoms with E-state index in [0.717, 1.165) is 5.92 Å². The lowest BCUT2D eigenvalue weighted by molar-refractivity contribution is 0.442. The Kier molecular flexibility index (Phi) is 5.59. The normalized spacial score (nSPS) is 17.6. The highest BCUT2D eigenvalue weighted by molar-refractivity contribution is 7.12. The van der Waals surface area contributed by atoms with Gasteiger partial charge in [0.1, 0.15) is 0 Å². The smallest absolute Gasteiger partial charge is 0.0962 e. The summed E-state index contributed by atoms with van der Waals surface area (Å²) in [7, 11) is 0. The van der Waals surface area contributed by atoms with Crippen molar-refractivity contribution in [3.8, 4) is 0 Å². The molecule has 0 saturated heterocycles. The lowest BCUT2D eigenvalue weighted by Crippen LogP contribution is -2.03. The molecule has 110 valence electrons. The Bertz CT molecular complexity index is 483. The van der Waals surface area contributed by atoms with Crippen LogP contribution in [0.1, 0.15) is 75.6 Å². The van der Waals surface area contributed by atoms with Gasteiger partial charge in [0, 0.05) is 12.1 Å². The number of aromatic nitrogens is 1. The van der Waals surface area contributed by atoms with E-state index in [1.165, 1.54) is 53.1 Å². The Morgan fingerprint density at radius 2 is 1.90 bits per heavy atom. The molecule has 2 rings (SSSR count). The van der Waals surface area contributed by atoms with Gasteiger partial charge < -0.3 is 0 Å². The zero-order valence-corrected chi connectivity index (χ0v) is 14.1. The van der Waals surface area contributed by atoms with E-state index in [0.29, 0.717) is 5.92 Å². The van der Waals surface area contributed by atoms with E-state index in [-0.39, 0.29) is 0 Å². The third kappa shape index (κ3) is 4.05. The second kappa shape index (κ2) is 7.21. The van der Waals surface area contributed by atoms with Crippen LogP contribution in [0.15, 0.2) is 23.9 Å². The van der Waals surface area contributed by atoms with Crippen LogP contribution < -0.4 is 0 Å². The molecule has 1 saturated carbocycles. The molecule has 1 aromatic heterocycles. The van der Waals surface area contributed by atoms with Gasteiger partial charge in [0.05, 0.1) is 9.88 Å². The maximum Gasteiger partial charge on any atom is 0.0962 e. The van der Waals surface area contributed by atoms with Gasteiger partial charge in [-0.25, -0.2) is 4.98 Å². The zero-order chi connectivity index (χ0) is 14.5. The van der Waals surface area contributed by atoms with Crippen LogP contribution in [0.2, 0.25) is 0 Å². The highest BCUT2D eigenvalue weighted by atomic mass is 32.1. The van der Waals surface area contributed by atoms with Gasteiger partial charge in [-0.05, 0) is 38.2 Å². The van der Waals surface area contributed by atoms with Crippen molar-refractivity contribution in [1.29, 1.82) is 0 Å². The molecule has 0 aromatic carbocycles. The first kappa shape index (κ1) is 15.5. The first-order chi connectivity index (χ1) is 9.58. The molecule has 0 unspecified atom stereocenters. The molecule has 1 nitrogen and oxygen atoms in total. The van der Waals surface area contributed by atoms with E-state index in [9.17, 15) is 0 Å². The van der Waals surface area contributed by atoms with Gasteiger partial charge in [0.15, 0.2) is 0 Å². The van der Waals surface area contributed by atoms with E-state index >= 15 is 0 Å². The minimum atomic E-state index is 0.547. The molecule has 0 radical (unpaired) electrons. The molecule has 0 atom stereocenters.